The van der Waals surface area contributed by atoms with Crippen LogP contribution < -0.4 is 5.73 Å². The van der Waals surface area contributed by atoms with E-state index in [1.165, 1.54) is 35.2 Å². The summed E-state index contributed by atoms with van der Waals surface area (Å²) >= 11 is 0. The van der Waals surface area contributed by atoms with E-state index in [9.17, 15) is 22.8 Å². The number of rotatable bonds is 8. The first kappa shape index (κ1) is 30.8. The van der Waals surface area contributed by atoms with Crippen LogP contribution in [0.4, 0.5) is 23.4 Å². The highest BCUT2D eigenvalue weighted by Crippen LogP contribution is 2.38. The molecule has 0 atom stereocenters. The highest BCUT2D eigenvalue weighted by Gasteiger charge is 2.36. The maximum atomic E-state index is 15.6. The molecule has 0 aliphatic carbocycles. The third kappa shape index (κ3) is 6.86. The number of hydrogen-bond donors (Lipinski definition) is 1. The fourth-order valence-electron chi connectivity index (χ4n) is 5.49. The van der Waals surface area contributed by atoms with Gasteiger partial charge < -0.3 is 15.1 Å². The van der Waals surface area contributed by atoms with Crippen LogP contribution in [0.25, 0.3) is 39.3 Å². The number of anilines is 1. The molecule has 0 radical (unpaired) electrons. The number of benzene rings is 3. The minimum absolute atomic E-state index is 0.0647. The molecule has 0 saturated carbocycles. The van der Waals surface area contributed by atoms with Crippen LogP contribution in [0, 0.1) is 11.6 Å². The van der Waals surface area contributed by atoms with E-state index in [0.29, 0.717) is 45.7 Å². The van der Waals surface area contributed by atoms with Crippen molar-refractivity contribution in [2.75, 3.05) is 18.8 Å². The molecular weight excluding hydrogens is 598 g/mol. The van der Waals surface area contributed by atoms with Crippen molar-refractivity contribution in [3.05, 3.63) is 114 Å². The fourth-order valence-corrected chi connectivity index (χ4v) is 5.49. The van der Waals surface area contributed by atoms with Gasteiger partial charge in [0.25, 0.3) is 11.8 Å². The second-order valence-electron chi connectivity index (χ2n) is 11.3. The fraction of sp³-hybridized carbons (Fsp3) is 0.194. The van der Waals surface area contributed by atoms with Crippen LogP contribution in [0.2, 0.25) is 0 Å². The molecule has 1 aliphatic rings. The van der Waals surface area contributed by atoms with Crippen molar-refractivity contribution in [1.82, 2.24) is 9.88 Å². The Hall–Kier alpha value is -5.25. The lowest BCUT2D eigenvalue weighted by Crippen LogP contribution is -2.42. The number of nitrogens with zero attached hydrogens (tertiary/aromatic N) is 2. The van der Waals surface area contributed by atoms with Crippen LogP contribution in [-0.2, 0) is 11.2 Å². The number of ketones is 1. The number of halogens is 4. The number of amides is 1. The number of hydrogen-bond acceptors (Lipinski definition) is 5. The summed E-state index contributed by atoms with van der Waals surface area (Å²) in [6.07, 6.45) is 4.28. The van der Waals surface area contributed by atoms with E-state index in [1.54, 1.807) is 54.7 Å². The Bertz CT molecular complexity index is 1960. The van der Waals surface area contributed by atoms with Crippen molar-refractivity contribution in [3.63, 3.8) is 0 Å². The van der Waals surface area contributed by atoms with Crippen LogP contribution in [0.1, 0.15) is 40.9 Å². The molecule has 5 aromatic rings. The maximum Gasteiger partial charge on any atom is 0.253 e. The number of aromatic nitrogens is 1. The minimum Gasteiger partial charge on any atom is -0.460 e. The molecule has 3 aromatic carbocycles. The molecular formula is C36H29F4N3O3. The van der Waals surface area contributed by atoms with Gasteiger partial charge in [0.1, 0.15) is 28.8 Å². The zero-order chi connectivity index (χ0) is 32.4. The first-order chi connectivity index (χ1) is 22.0. The topological polar surface area (TPSA) is 89.4 Å². The number of carbonyl (C=O) groups is 2. The molecule has 234 valence electrons. The molecule has 3 heterocycles. The van der Waals surface area contributed by atoms with E-state index in [4.69, 9.17) is 10.2 Å². The third-order valence-electron chi connectivity index (χ3n) is 8.00. The van der Waals surface area contributed by atoms with Gasteiger partial charge in [0, 0.05) is 67.0 Å². The standard InChI is InChI=1S/C36H29F4N3O3/c37-27-3-1-2-23(17-27)31-19-25(30-10-6-24(20-32(30)38)35(45)43-14-12-36(39,40)13-15-43)16-26-18-29(46-34(26)31)9-8-28(44)7-4-22-5-11-33(41)42-21-22/h1-7,10-11,16-21H,8-9,12-15H2,(H2,41,42)/b7-4+. The van der Waals surface area contributed by atoms with E-state index in [2.05, 4.69) is 4.98 Å². The zero-order valence-electron chi connectivity index (χ0n) is 24.6. The van der Waals surface area contributed by atoms with E-state index in [-0.39, 0.29) is 36.4 Å². The van der Waals surface area contributed by atoms with Gasteiger partial charge in [-0.3, -0.25) is 9.59 Å². The quantitative estimate of drug-likeness (QED) is 0.139. The molecule has 2 aromatic heterocycles. The summed E-state index contributed by atoms with van der Waals surface area (Å²) in [7, 11) is 0. The molecule has 1 amide bonds. The number of carbonyl (C=O) groups excluding carboxylic acids is 2. The average Bonchev–Trinajstić information content (AvgIpc) is 3.46. The van der Waals surface area contributed by atoms with Crippen molar-refractivity contribution < 1.29 is 31.6 Å². The Labute approximate surface area is 262 Å². The predicted octanol–water partition coefficient (Wildman–Crippen LogP) is 8.11. The summed E-state index contributed by atoms with van der Waals surface area (Å²) in [6, 6.07) is 18.6. The Morgan fingerprint density at radius 2 is 1.74 bits per heavy atom. The number of nitrogens with two attached hydrogens (primary N) is 1. The van der Waals surface area contributed by atoms with Gasteiger partial charge in [0.15, 0.2) is 5.78 Å². The monoisotopic (exact) mass is 627 g/mol. The Morgan fingerprint density at radius 3 is 2.46 bits per heavy atom. The van der Waals surface area contributed by atoms with E-state index in [0.717, 1.165) is 11.6 Å². The summed E-state index contributed by atoms with van der Waals surface area (Å²) in [5.41, 5.74) is 8.54. The first-order valence-electron chi connectivity index (χ1n) is 14.8. The summed E-state index contributed by atoms with van der Waals surface area (Å²) in [5, 5.41) is 0.622. The Morgan fingerprint density at radius 1 is 0.935 bits per heavy atom. The molecule has 1 aliphatic heterocycles. The molecule has 6 nitrogen and oxygen atoms in total. The van der Waals surface area contributed by atoms with Crippen LogP contribution in [0.5, 0.6) is 0 Å². The summed E-state index contributed by atoms with van der Waals surface area (Å²) in [6.45, 7) is -0.207. The second-order valence-corrected chi connectivity index (χ2v) is 11.3. The van der Waals surface area contributed by atoms with Gasteiger partial charge in [-0.2, -0.15) is 0 Å². The van der Waals surface area contributed by atoms with Gasteiger partial charge in [-0.1, -0.05) is 18.2 Å². The number of piperidine rings is 1. The Balaban J connectivity index is 1.28. The number of pyridine rings is 1. The number of likely N-dealkylation sites (tertiary alicyclic amines) is 1. The maximum absolute atomic E-state index is 15.6. The number of allylic oxidation sites excluding steroid dienone is 1. The molecule has 0 unspecified atom stereocenters. The van der Waals surface area contributed by atoms with Gasteiger partial charge >= 0.3 is 0 Å². The lowest BCUT2D eigenvalue weighted by Gasteiger charge is -2.31. The Kier molecular flexibility index (Phi) is 8.44. The summed E-state index contributed by atoms with van der Waals surface area (Å²) in [5.74, 6) is -3.66. The summed E-state index contributed by atoms with van der Waals surface area (Å²) in [4.78, 5) is 30.8. The number of furan rings is 1. The average molecular weight is 628 g/mol. The van der Waals surface area contributed by atoms with E-state index >= 15 is 4.39 Å². The normalized spacial score (nSPS) is 14.7. The number of fused-ring (bicyclic) bond motifs is 1. The third-order valence-corrected chi connectivity index (χ3v) is 8.00. The number of aryl methyl sites for hydroxylation is 1. The van der Waals surface area contributed by atoms with E-state index in [1.807, 2.05) is 0 Å². The van der Waals surface area contributed by atoms with Gasteiger partial charge in [0.2, 0.25) is 0 Å². The van der Waals surface area contributed by atoms with Crippen molar-refractivity contribution in [1.29, 1.82) is 0 Å². The van der Waals surface area contributed by atoms with Crippen LogP contribution in [0.3, 0.4) is 0 Å². The molecule has 6 rings (SSSR count). The lowest BCUT2D eigenvalue weighted by atomic mass is 9.95. The SMILES string of the molecule is Nc1ccc(/C=C/C(=O)CCc2cc3cc(-c4ccc(C(=O)N5CCC(F)(F)CC5)cc4F)cc(-c4cccc(F)c4)c3o2)cn1. The van der Waals surface area contributed by atoms with Crippen LogP contribution >= 0.6 is 0 Å². The van der Waals surface area contributed by atoms with Crippen molar-refractivity contribution in [2.24, 2.45) is 0 Å². The van der Waals surface area contributed by atoms with Crippen LogP contribution in [0.15, 0.2) is 89.5 Å². The number of nitrogen functional groups attached to an aromatic ring is 1. The molecule has 0 spiro atoms. The molecule has 46 heavy (non-hydrogen) atoms. The highest BCUT2D eigenvalue weighted by atomic mass is 19.3. The predicted molar refractivity (Wildman–Crippen MR) is 168 cm³/mol. The van der Waals surface area contributed by atoms with Gasteiger partial charge in [-0.05, 0) is 83.4 Å². The largest absolute Gasteiger partial charge is 0.460 e. The minimum atomic E-state index is -2.81. The first-order valence-corrected chi connectivity index (χ1v) is 14.8. The van der Waals surface area contributed by atoms with Crippen molar-refractivity contribution in [3.8, 4) is 22.3 Å². The van der Waals surface area contributed by atoms with Crippen molar-refractivity contribution >= 4 is 34.6 Å². The smallest absolute Gasteiger partial charge is 0.253 e. The molecule has 1 saturated heterocycles. The zero-order valence-corrected chi connectivity index (χ0v) is 24.6. The number of alkyl halides is 2. The van der Waals surface area contributed by atoms with Gasteiger partial charge in [-0.15, -0.1) is 0 Å². The highest BCUT2D eigenvalue weighted by molar-refractivity contribution is 5.98. The van der Waals surface area contributed by atoms with Gasteiger partial charge in [-0.25, -0.2) is 22.5 Å². The van der Waals surface area contributed by atoms with Crippen LogP contribution in [-0.4, -0.2) is 40.6 Å². The molecule has 0 bridgehead atoms. The van der Waals surface area contributed by atoms with Gasteiger partial charge in [0.05, 0.1) is 0 Å². The second kappa shape index (κ2) is 12.6. The summed E-state index contributed by atoms with van der Waals surface area (Å²) < 4.78 is 63.1. The molecule has 1 fully saturated rings. The lowest BCUT2D eigenvalue weighted by molar-refractivity contribution is -0.114. The molecule has 10 heteroatoms. The molecule has 2 N–H and O–H groups in total. The van der Waals surface area contributed by atoms with Crippen molar-refractivity contribution in [2.45, 2.75) is 31.6 Å². The van der Waals surface area contributed by atoms with E-state index < -0.39 is 36.3 Å².